The van der Waals surface area contributed by atoms with Gasteiger partial charge in [-0.3, -0.25) is 0 Å². The van der Waals surface area contributed by atoms with E-state index in [2.05, 4.69) is 10.2 Å². The Morgan fingerprint density at radius 2 is 2.04 bits per heavy atom. The van der Waals surface area contributed by atoms with Gasteiger partial charge in [-0.2, -0.15) is 9.57 Å². The van der Waals surface area contributed by atoms with Crippen molar-refractivity contribution in [3.8, 4) is 6.07 Å². The van der Waals surface area contributed by atoms with Gasteiger partial charge in [-0.15, -0.1) is 10.2 Å². The van der Waals surface area contributed by atoms with Crippen LogP contribution in [0.4, 0.5) is 0 Å². The van der Waals surface area contributed by atoms with Crippen molar-refractivity contribution in [2.24, 2.45) is 7.05 Å². The van der Waals surface area contributed by atoms with E-state index in [-0.39, 0.29) is 10.8 Å². The lowest BCUT2D eigenvalue weighted by Crippen LogP contribution is -2.39. The van der Waals surface area contributed by atoms with Gasteiger partial charge in [-0.05, 0) is 37.1 Å². The number of sulfonamides is 1. The first-order chi connectivity index (χ1) is 11.0. The molecule has 0 unspecified atom stereocenters. The van der Waals surface area contributed by atoms with Gasteiger partial charge in [0, 0.05) is 26.1 Å². The van der Waals surface area contributed by atoms with Crippen molar-refractivity contribution in [1.82, 2.24) is 19.1 Å². The first-order valence-corrected chi connectivity index (χ1v) is 8.80. The standard InChI is InChI=1S/C15H17N5O2S/c1-19-11-17-18-15(19)13-3-2-8-20(10-13)23(21,22)14-6-4-12(9-16)5-7-14/h4-7,11,13H,2-3,8,10H2,1H3/t13-/m1/s1. The number of nitriles is 1. The van der Waals surface area contributed by atoms with Crippen LogP contribution >= 0.6 is 0 Å². The summed E-state index contributed by atoms with van der Waals surface area (Å²) in [5.74, 6) is 0.856. The summed E-state index contributed by atoms with van der Waals surface area (Å²) in [5, 5.41) is 16.8. The number of benzene rings is 1. The second kappa shape index (κ2) is 6.10. The summed E-state index contributed by atoms with van der Waals surface area (Å²) in [7, 11) is -1.69. The number of aromatic nitrogens is 3. The van der Waals surface area contributed by atoms with E-state index in [4.69, 9.17) is 5.26 Å². The van der Waals surface area contributed by atoms with E-state index in [1.807, 2.05) is 17.7 Å². The van der Waals surface area contributed by atoms with Crippen molar-refractivity contribution in [2.75, 3.05) is 13.1 Å². The zero-order chi connectivity index (χ0) is 16.4. The zero-order valence-corrected chi connectivity index (χ0v) is 13.6. The second-order valence-corrected chi connectivity index (χ2v) is 7.58. The molecule has 1 aromatic heterocycles. The molecule has 120 valence electrons. The topological polar surface area (TPSA) is 91.9 Å². The van der Waals surface area contributed by atoms with Crippen LogP contribution in [-0.4, -0.2) is 40.6 Å². The molecule has 1 atom stereocenters. The van der Waals surface area contributed by atoms with Gasteiger partial charge in [-0.1, -0.05) is 0 Å². The number of hydrogen-bond acceptors (Lipinski definition) is 5. The molecule has 0 bridgehead atoms. The minimum absolute atomic E-state index is 0.0457. The van der Waals surface area contributed by atoms with Gasteiger partial charge in [0.05, 0.1) is 16.5 Å². The first-order valence-electron chi connectivity index (χ1n) is 7.36. The third-order valence-corrected chi connectivity index (χ3v) is 6.00. The molecule has 0 amide bonds. The molecular weight excluding hydrogens is 314 g/mol. The monoisotopic (exact) mass is 331 g/mol. The van der Waals surface area contributed by atoms with Gasteiger partial charge in [-0.25, -0.2) is 8.42 Å². The molecule has 8 heteroatoms. The van der Waals surface area contributed by atoms with Gasteiger partial charge in [0.1, 0.15) is 12.2 Å². The minimum atomic E-state index is -3.56. The Bertz CT molecular complexity index is 835. The molecule has 23 heavy (non-hydrogen) atoms. The lowest BCUT2D eigenvalue weighted by Gasteiger charge is -2.31. The van der Waals surface area contributed by atoms with Crippen LogP contribution in [0.25, 0.3) is 0 Å². The molecule has 0 spiro atoms. The lowest BCUT2D eigenvalue weighted by atomic mass is 9.99. The van der Waals surface area contributed by atoms with Crippen LogP contribution in [0, 0.1) is 11.3 Å². The lowest BCUT2D eigenvalue weighted by molar-refractivity contribution is 0.306. The summed E-state index contributed by atoms with van der Waals surface area (Å²) < 4.78 is 28.9. The second-order valence-electron chi connectivity index (χ2n) is 5.64. The predicted molar refractivity (Wildman–Crippen MR) is 82.9 cm³/mol. The molecule has 1 aliphatic rings. The highest BCUT2D eigenvalue weighted by Crippen LogP contribution is 2.29. The van der Waals surface area contributed by atoms with Gasteiger partial charge >= 0.3 is 0 Å². The van der Waals surface area contributed by atoms with Crippen molar-refractivity contribution >= 4 is 10.0 Å². The van der Waals surface area contributed by atoms with E-state index in [9.17, 15) is 8.42 Å². The Balaban J connectivity index is 1.85. The Hall–Kier alpha value is -2.24. The SMILES string of the molecule is Cn1cnnc1[C@@H]1CCCN(S(=O)(=O)c2ccc(C#N)cc2)C1. The fourth-order valence-corrected chi connectivity index (χ4v) is 4.41. The van der Waals surface area contributed by atoms with Crippen molar-refractivity contribution in [2.45, 2.75) is 23.7 Å². The van der Waals surface area contributed by atoms with Crippen molar-refractivity contribution in [3.63, 3.8) is 0 Å². The molecule has 1 aliphatic heterocycles. The minimum Gasteiger partial charge on any atom is -0.320 e. The normalized spacial score (nSPS) is 19.4. The molecule has 0 aliphatic carbocycles. The molecular formula is C15H17N5O2S. The molecule has 2 aromatic rings. The zero-order valence-electron chi connectivity index (χ0n) is 12.8. The van der Waals surface area contributed by atoms with E-state index in [1.165, 1.54) is 28.6 Å². The number of hydrogen-bond donors (Lipinski definition) is 0. The van der Waals surface area contributed by atoms with Crippen LogP contribution < -0.4 is 0 Å². The molecule has 1 saturated heterocycles. The fourth-order valence-electron chi connectivity index (χ4n) is 2.88. The van der Waals surface area contributed by atoms with Crippen LogP contribution in [0.3, 0.4) is 0 Å². The third kappa shape index (κ3) is 2.98. The van der Waals surface area contributed by atoms with Crippen LogP contribution in [0.15, 0.2) is 35.5 Å². The van der Waals surface area contributed by atoms with Gasteiger partial charge in [0.15, 0.2) is 0 Å². The maximum absolute atomic E-state index is 12.8. The van der Waals surface area contributed by atoms with Gasteiger partial charge < -0.3 is 4.57 Å². The number of nitrogens with zero attached hydrogens (tertiary/aromatic N) is 5. The van der Waals surface area contributed by atoms with Crippen LogP contribution in [0.2, 0.25) is 0 Å². The summed E-state index contributed by atoms with van der Waals surface area (Å²) >= 11 is 0. The van der Waals surface area contributed by atoms with Crippen LogP contribution in [-0.2, 0) is 17.1 Å². The van der Waals surface area contributed by atoms with Crippen molar-refractivity contribution in [1.29, 1.82) is 5.26 Å². The molecule has 7 nitrogen and oxygen atoms in total. The van der Waals surface area contributed by atoms with Gasteiger partial charge in [0.2, 0.25) is 10.0 Å². The Morgan fingerprint density at radius 1 is 1.30 bits per heavy atom. The first kappa shape index (κ1) is 15.6. The Kier molecular flexibility index (Phi) is 4.15. The van der Waals surface area contributed by atoms with Crippen molar-refractivity contribution < 1.29 is 8.42 Å². The summed E-state index contributed by atoms with van der Waals surface area (Å²) in [5.41, 5.74) is 0.444. The maximum atomic E-state index is 12.8. The number of rotatable bonds is 3. The van der Waals surface area contributed by atoms with Gasteiger partial charge in [0.25, 0.3) is 0 Å². The molecule has 3 rings (SSSR count). The molecule has 1 aromatic carbocycles. The third-order valence-electron chi connectivity index (χ3n) is 4.12. The summed E-state index contributed by atoms with van der Waals surface area (Å²) in [6.45, 7) is 0.894. The average Bonchev–Trinajstić information content (AvgIpc) is 3.01. The fraction of sp³-hybridized carbons (Fsp3) is 0.400. The van der Waals surface area contributed by atoms with E-state index in [1.54, 1.807) is 6.33 Å². The van der Waals surface area contributed by atoms with E-state index >= 15 is 0 Å². The number of piperidine rings is 1. The predicted octanol–water partition coefficient (Wildman–Crippen LogP) is 1.26. The molecule has 0 radical (unpaired) electrons. The highest BCUT2D eigenvalue weighted by atomic mass is 32.2. The number of aryl methyl sites for hydroxylation is 1. The highest BCUT2D eigenvalue weighted by molar-refractivity contribution is 7.89. The molecule has 2 heterocycles. The average molecular weight is 331 g/mol. The Labute approximate surface area is 135 Å². The van der Waals surface area contributed by atoms with Crippen molar-refractivity contribution in [3.05, 3.63) is 42.0 Å². The molecule has 1 fully saturated rings. The van der Waals surface area contributed by atoms with Crippen LogP contribution in [0.1, 0.15) is 30.1 Å². The summed E-state index contributed by atoms with van der Waals surface area (Å²) in [6, 6.07) is 8.01. The highest BCUT2D eigenvalue weighted by Gasteiger charge is 2.32. The van der Waals surface area contributed by atoms with E-state index in [0.717, 1.165) is 18.7 Å². The summed E-state index contributed by atoms with van der Waals surface area (Å²) in [6.07, 6.45) is 3.31. The van der Waals surface area contributed by atoms with Crippen LogP contribution in [0.5, 0.6) is 0 Å². The Morgan fingerprint density at radius 3 is 2.65 bits per heavy atom. The largest absolute Gasteiger partial charge is 0.320 e. The van der Waals surface area contributed by atoms with E-state index in [0.29, 0.717) is 18.7 Å². The summed E-state index contributed by atoms with van der Waals surface area (Å²) in [4.78, 5) is 0.218. The molecule has 0 saturated carbocycles. The smallest absolute Gasteiger partial charge is 0.243 e. The maximum Gasteiger partial charge on any atom is 0.243 e. The molecule has 0 N–H and O–H groups in total. The van der Waals surface area contributed by atoms with E-state index < -0.39 is 10.0 Å². The quantitative estimate of drug-likeness (QED) is 0.844.